The number of hydrogen-bond donors (Lipinski definition) is 2. The van der Waals surface area contributed by atoms with Gasteiger partial charge in [0.2, 0.25) is 10.0 Å². The molecule has 0 saturated carbocycles. The average Bonchev–Trinajstić information content (AvgIpc) is 1.97. The van der Waals surface area contributed by atoms with Crippen LogP contribution in [0, 0.1) is 5.92 Å². The van der Waals surface area contributed by atoms with Crippen molar-refractivity contribution in [1.29, 1.82) is 0 Å². The lowest BCUT2D eigenvalue weighted by Gasteiger charge is -2.22. The molecule has 0 bridgehead atoms. The zero-order chi connectivity index (χ0) is 11.6. The lowest BCUT2D eigenvalue weighted by molar-refractivity contribution is 0.475. The highest BCUT2D eigenvalue weighted by Crippen LogP contribution is 2.13. The molecule has 0 aromatic rings. The Labute approximate surface area is 87.3 Å². The van der Waals surface area contributed by atoms with Gasteiger partial charge in [0.15, 0.2) is 0 Å². The number of sulfonamides is 1. The average molecular weight is 222 g/mol. The third-order valence-electron chi connectivity index (χ3n) is 2.17. The smallest absolute Gasteiger partial charge is 0.216 e. The van der Waals surface area contributed by atoms with Gasteiger partial charge in [0.05, 0.1) is 4.75 Å². The third kappa shape index (κ3) is 3.94. The Morgan fingerprint density at radius 1 is 1.29 bits per heavy atom. The highest BCUT2D eigenvalue weighted by Gasteiger charge is 2.28. The molecule has 0 amide bonds. The minimum Gasteiger partial charge on any atom is -0.326 e. The largest absolute Gasteiger partial charge is 0.326 e. The summed E-state index contributed by atoms with van der Waals surface area (Å²) >= 11 is 0. The van der Waals surface area contributed by atoms with E-state index in [4.69, 9.17) is 5.73 Å². The second kappa shape index (κ2) is 4.59. The Balaban J connectivity index is 4.29. The molecule has 0 saturated heterocycles. The Morgan fingerprint density at radius 3 is 2.00 bits per heavy atom. The lowest BCUT2D eigenvalue weighted by atomic mass is 10.1. The van der Waals surface area contributed by atoms with Crippen molar-refractivity contribution in [2.24, 2.45) is 11.7 Å². The van der Waals surface area contributed by atoms with Crippen LogP contribution >= 0.6 is 0 Å². The van der Waals surface area contributed by atoms with Crippen LogP contribution in [0.5, 0.6) is 0 Å². The molecule has 14 heavy (non-hydrogen) atoms. The molecular weight excluding hydrogens is 200 g/mol. The molecule has 0 aliphatic heterocycles. The van der Waals surface area contributed by atoms with Crippen LogP contribution in [0.4, 0.5) is 0 Å². The fourth-order valence-electron chi connectivity index (χ4n) is 0.658. The molecular formula is C9H22N2O2S. The van der Waals surface area contributed by atoms with E-state index < -0.39 is 14.8 Å². The van der Waals surface area contributed by atoms with Crippen LogP contribution in [0.2, 0.25) is 0 Å². The molecule has 5 heteroatoms. The SMILES string of the molecule is CC(C)C(N)CNS(=O)(=O)C(C)(C)C. The van der Waals surface area contributed by atoms with E-state index in [1.807, 2.05) is 13.8 Å². The van der Waals surface area contributed by atoms with Crippen LogP contribution in [-0.4, -0.2) is 25.8 Å². The first-order valence-electron chi connectivity index (χ1n) is 4.82. The van der Waals surface area contributed by atoms with Crippen LogP contribution in [0.3, 0.4) is 0 Å². The molecule has 0 aromatic carbocycles. The van der Waals surface area contributed by atoms with Crippen molar-refractivity contribution in [1.82, 2.24) is 4.72 Å². The molecule has 3 N–H and O–H groups in total. The van der Waals surface area contributed by atoms with Crippen LogP contribution in [0.15, 0.2) is 0 Å². The summed E-state index contributed by atoms with van der Waals surface area (Å²) in [5, 5.41) is 0. The number of nitrogens with one attached hydrogen (secondary N) is 1. The molecule has 0 aliphatic rings. The van der Waals surface area contributed by atoms with Gasteiger partial charge in [-0.2, -0.15) is 0 Å². The first-order valence-corrected chi connectivity index (χ1v) is 6.31. The van der Waals surface area contributed by atoms with Crippen molar-refractivity contribution >= 4 is 10.0 Å². The van der Waals surface area contributed by atoms with Gasteiger partial charge in [-0.05, 0) is 26.7 Å². The zero-order valence-corrected chi connectivity index (χ0v) is 10.5. The molecule has 0 fully saturated rings. The van der Waals surface area contributed by atoms with Gasteiger partial charge in [0.25, 0.3) is 0 Å². The predicted octanol–water partition coefficient (Wildman–Crippen LogP) is 0.688. The molecule has 1 unspecified atom stereocenters. The molecule has 4 nitrogen and oxygen atoms in total. The lowest BCUT2D eigenvalue weighted by Crippen LogP contribution is -2.46. The molecule has 0 aromatic heterocycles. The van der Waals surface area contributed by atoms with E-state index in [0.717, 1.165) is 0 Å². The van der Waals surface area contributed by atoms with Crippen LogP contribution in [0.1, 0.15) is 34.6 Å². The topological polar surface area (TPSA) is 72.2 Å². The van der Waals surface area contributed by atoms with E-state index in [0.29, 0.717) is 6.54 Å². The first kappa shape index (κ1) is 13.9. The predicted molar refractivity (Wildman–Crippen MR) is 59.5 cm³/mol. The summed E-state index contributed by atoms with van der Waals surface area (Å²) < 4.78 is 25.0. The maximum absolute atomic E-state index is 11.6. The van der Waals surface area contributed by atoms with Gasteiger partial charge in [0.1, 0.15) is 0 Å². The summed E-state index contributed by atoms with van der Waals surface area (Å²) in [6.07, 6.45) is 0. The maximum atomic E-state index is 11.6. The number of hydrogen-bond acceptors (Lipinski definition) is 3. The molecule has 0 rings (SSSR count). The molecule has 0 radical (unpaired) electrons. The summed E-state index contributed by atoms with van der Waals surface area (Å²) in [7, 11) is -3.26. The second-order valence-corrected chi connectivity index (χ2v) is 7.39. The monoisotopic (exact) mass is 222 g/mol. The van der Waals surface area contributed by atoms with Gasteiger partial charge in [-0.1, -0.05) is 13.8 Å². The van der Waals surface area contributed by atoms with E-state index in [2.05, 4.69) is 4.72 Å². The second-order valence-electron chi connectivity index (χ2n) is 4.87. The highest BCUT2D eigenvalue weighted by atomic mass is 32.2. The Bertz CT molecular complexity index is 265. The minimum absolute atomic E-state index is 0.132. The van der Waals surface area contributed by atoms with Crippen molar-refractivity contribution in [3.63, 3.8) is 0 Å². The van der Waals surface area contributed by atoms with E-state index in [1.54, 1.807) is 20.8 Å². The summed E-state index contributed by atoms with van der Waals surface area (Å²) in [6.45, 7) is 9.23. The van der Waals surface area contributed by atoms with Crippen molar-refractivity contribution in [3.8, 4) is 0 Å². The zero-order valence-electron chi connectivity index (χ0n) is 9.66. The van der Waals surface area contributed by atoms with Gasteiger partial charge in [0, 0.05) is 12.6 Å². The standard InChI is InChI=1S/C9H22N2O2S/c1-7(2)8(10)6-11-14(12,13)9(3,4)5/h7-8,11H,6,10H2,1-5H3. The highest BCUT2D eigenvalue weighted by molar-refractivity contribution is 7.90. The van der Waals surface area contributed by atoms with Crippen LogP contribution in [-0.2, 0) is 10.0 Å². The normalized spacial score (nSPS) is 15.9. The minimum atomic E-state index is -3.26. The van der Waals surface area contributed by atoms with Crippen molar-refractivity contribution in [2.75, 3.05) is 6.54 Å². The van der Waals surface area contributed by atoms with Crippen LogP contribution in [0.25, 0.3) is 0 Å². The molecule has 0 heterocycles. The first-order chi connectivity index (χ1) is 6.08. The van der Waals surface area contributed by atoms with E-state index in [9.17, 15) is 8.42 Å². The molecule has 86 valence electrons. The Morgan fingerprint density at radius 2 is 1.71 bits per heavy atom. The summed E-state index contributed by atoms with van der Waals surface area (Å²) in [6, 6.07) is -0.132. The quantitative estimate of drug-likeness (QED) is 0.735. The maximum Gasteiger partial charge on any atom is 0.216 e. The third-order valence-corrected chi connectivity index (χ3v) is 4.33. The Hall–Kier alpha value is -0.130. The van der Waals surface area contributed by atoms with Gasteiger partial charge in [-0.25, -0.2) is 13.1 Å². The van der Waals surface area contributed by atoms with E-state index >= 15 is 0 Å². The molecule has 0 spiro atoms. The van der Waals surface area contributed by atoms with Gasteiger partial charge < -0.3 is 5.73 Å². The van der Waals surface area contributed by atoms with Crippen molar-refractivity contribution < 1.29 is 8.42 Å². The Kier molecular flexibility index (Phi) is 4.55. The van der Waals surface area contributed by atoms with Crippen molar-refractivity contribution in [2.45, 2.75) is 45.4 Å². The summed E-state index contributed by atoms with van der Waals surface area (Å²) in [5.74, 6) is 0.276. The van der Waals surface area contributed by atoms with Gasteiger partial charge >= 0.3 is 0 Å². The fraction of sp³-hybridized carbons (Fsp3) is 1.00. The number of rotatable bonds is 4. The van der Waals surface area contributed by atoms with Gasteiger partial charge in [-0.15, -0.1) is 0 Å². The fourth-order valence-corrected chi connectivity index (χ4v) is 1.50. The summed E-state index contributed by atoms with van der Waals surface area (Å²) in [5.41, 5.74) is 5.74. The van der Waals surface area contributed by atoms with Gasteiger partial charge in [-0.3, -0.25) is 0 Å². The molecule has 1 atom stereocenters. The van der Waals surface area contributed by atoms with Crippen LogP contribution < -0.4 is 10.5 Å². The van der Waals surface area contributed by atoms with E-state index in [-0.39, 0.29) is 12.0 Å². The van der Waals surface area contributed by atoms with E-state index in [1.165, 1.54) is 0 Å². The summed E-state index contributed by atoms with van der Waals surface area (Å²) in [4.78, 5) is 0. The molecule has 0 aliphatic carbocycles. The van der Waals surface area contributed by atoms with Crippen molar-refractivity contribution in [3.05, 3.63) is 0 Å². The number of nitrogens with two attached hydrogens (primary N) is 1.